The second-order valence-corrected chi connectivity index (χ2v) is 11.1. The van der Waals surface area contributed by atoms with Crippen LogP contribution >= 0.6 is 0 Å². The predicted octanol–water partition coefficient (Wildman–Crippen LogP) is 7.21. The van der Waals surface area contributed by atoms with Gasteiger partial charge in [-0.3, -0.25) is 9.59 Å². The zero-order valence-electron chi connectivity index (χ0n) is 23.9. The van der Waals surface area contributed by atoms with Gasteiger partial charge < -0.3 is 19.7 Å². The Bertz CT molecular complexity index is 552. The first kappa shape index (κ1) is 34.0. The fourth-order valence-corrected chi connectivity index (χ4v) is 5.04. The third-order valence-electron chi connectivity index (χ3n) is 7.62. The van der Waals surface area contributed by atoms with Crippen LogP contribution in [0.1, 0.15) is 155 Å². The number of hydrogen-bond donors (Lipinski definition) is 2. The first-order chi connectivity index (χ1) is 18.1. The van der Waals surface area contributed by atoms with Gasteiger partial charge in [-0.15, -0.1) is 0 Å². The number of rotatable bonds is 25. The molecule has 1 fully saturated rings. The van der Waals surface area contributed by atoms with Gasteiger partial charge in [0, 0.05) is 6.42 Å². The Balaban J connectivity index is 1.75. The average molecular weight is 527 g/mol. The van der Waals surface area contributed by atoms with Gasteiger partial charge in [0.2, 0.25) is 0 Å². The summed E-state index contributed by atoms with van der Waals surface area (Å²) in [6, 6.07) is 0. The molecule has 0 aromatic rings. The number of hydrogen-bond acceptors (Lipinski definition) is 6. The molecule has 6 heteroatoms. The highest BCUT2D eigenvalue weighted by Crippen LogP contribution is 2.16. The monoisotopic (exact) mass is 526 g/mol. The molecule has 1 heterocycles. The first-order valence-corrected chi connectivity index (χ1v) is 15.7. The number of Topliss-reactive ketones (excluding diaryl/α,β-unsaturated/α-hetero) is 1. The third-order valence-corrected chi connectivity index (χ3v) is 7.62. The lowest BCUT2D eigenvalue weighted by atomic mass is 10.0. The summed E-state index contributed by atoms with van der Waals surface area (Å²) in [7, 11) is 0. The van der Waals surface area contributed by atoms with E-state index in [0.29, 0.717) is 6.42 Å². The second kappa shape index (κ2) is 24.1. The van der Waals surface area contributed by atoms with Crippen LogP contribution in [-0.2, 0) is 19.1 Å². The molecule has 1 aliphatic heterocycles. The molecule has 0 aromatic carbocycles. The zero-order valence-corrected chi connectivity index (χ0v) is 23.9. The van der Waals surface area contributed by atoms with Crippen LogP contribution in [0.15, 0.2) is 0 Å². The fraction of sp³-hybridized carbons (Fsp3) is 0.935. The van der Waals surface area contributed by atoms with E-state index in [0.717, 1.165) is 19.3 Å². The summed E-state index contributed by atoms with van der Waals surface area (Å²) in [6.07, 6.45) is 26.1. The maximum atomic E-state index is 11.9. The van der Waals surface area contributed by atoms with Gasteiger partial charge in [0.25, 0.3) is 0 Å². The van der Waals surface area contributed by atoms with Crippen molar-refractivity contribution in [2.75, 3.05) is 13.2 Å². The Morgan fingerprint density at radius 2 is 1.08 bits per heavy atom. The SMILES string of the molecule is CCCCCCCCCCCCCCCCCCCCCCCCC(=O)OC[C@H]1OCC(=O)[C@@H](O)[C@@H]1O. The fourth-order valence-electron chi connectivity index (χ4n) is 5.04. The molecule has 1 saturated heterocycles. The Morgan fingerprint density at radius 1 is 0.703 bits per heavy atom. The Labute approximate surface area is 227 Å². The highest BCUT2D eigenvalue weighted by atomic mass is 16.6. The largest absolute Gasteiger partial charge is 0.463 e. The minimum Gasteiger partial charge on any atom is -0.463 e. The summed E-state index contributed by atoms with van der Waals surface area (Å²) >= 11 is 0. The van der Waals surface area contributed by atoms with Crippen LogP contribution in [0.5, 0.6) is 0 Å². The molecule has 2 N–H and O–H groups in total. The van der Waals surface area contributed by atoms with E-state index in [9.17, 15) is 19.8 Å². The number of ketones is 1. The average Bonchev–Trinajstić information content (AvgIpc) is 2.89. The van der Waals surface area contributed by atoms with Crippen molar-refractivity contribution in [2.45, 2.75) is 173 Å². The molecule has 6 nitrogen and oxygen atoms in total. The smallest absolute Gasteiger partial charge is 0.305 e. The van der Waals surface area contributed by atoms with Crippen molar-refractivity contribution in [3.63, 3.8) is 0 Å². The van der Waals surface area contributed by atoms with E-state index >= 15 is 0 Å². The van der Waals surface area contributed by atoms with Gasteiger partial charge in [0.05, 0.1) is 0 Å². The molecule has 0 saturated carbocycles. The Hall–Kier alpha value is -0.980. The van der Waals surface area contributed by atoms with E-state index in [4.69, 9.17) is 9.47 Å². The van der Waals surface area contributed by atoms with E-state index in [1.54, 1.807) is 0 Å². The van der Waals surface area contributed by atoms with Crippen LogP contribution < -0.4 is 0 Å². The molecule has 0 bridgehead atoms. The molecular formula is C31H58O6. The lowest BCUT2D eigenvalue weighted by Gasteiger charge is -2.30. The van der Waals surface area contributed by atoms with Crippen molar-refractivity contribution in [1.82, 2.24) is 0 Å². The van der Waals surface area contributed by atoms with Crippen molar-refractivity contribution in [3.8, 4) is 0 Å². The molecule has 0 amide bonds. The summed E-state index contributed by atoms with van der Waals surface area (Å²) in [5.74, 6) is -0.875. The maximum absolute atomic E-state index is 11.9. The van der Waals surface area contributed by atoms with Gasteiger partial charge in [-0.2, -0.15) is 0 Å². The number of aliphatic hydroxyl groups excluding tert-OH is 2. The number of carbonyl (C=O) groups excluding carboxylic acids is 2. The molecule has 3 atom stereocenters. The summed E-state index contributed by atoms with van der Waals surface area (Å²) in [6.45, 7) is 1.88. The van der Waals surface area contributed by atoms with Gasteiger partial charge in [0.15, 0.2) is 5.78 Å². The summed E-state index contributed by atoms with van der Waals surface area (Å²) < 4.78 is 10.3. The molecule has 1 aliphatic rings. The van der Waals surface area contributed by atoms with Gasteiger partial charge in [-0.05, 0) is 6.42 Å². The van der Waals surface area contributed by atoms with E-state index in [2.05, 4.69) is 6.92 Å². The van der Waals surface area contributed by atoms with Crippen molar-refractivity contribution >= 4 is 11.8 Å². The number of esters is 1. The summed E-state index contributed by atoms with van der Waals surface area (Å²) in [4.78, 5) is 23.1. The number of ether oxygens (including phenoxy) is 2. The van der Waals surface area contributed by atoms with Crippen molar-refractivity contribution in [1.29, 1.82) is 0 Å². The van der Waals surface area contributed by atoms with Crippen LogP contribution in [0.3, 0.4) is 0 Å². The number of aliphatic hydroxyl groups is 2. The van der Waals surface area contributed by atoms with Gasteiger partial charge in [-0.25, -0.2) is 0 Å². The minimum absolute atomic E-state index is 0.135. The molecule has 218 valence electrons. The molecule has 0 aliphatic carbocycles. The van der Waals surface area contributed by atoms with E-state index in [1.165, 1.54) is 122 Å². The molecule has 0 spiro atoms. The maximum Gasteiger partial charge on any atom is 0.305 e. The molecular weight excluding hydrogens is 468 g/mol. The lowest BCUT2D eigenvalue weighted by molar-refractivity contribution is -0.177. The molecule has 0 radical (unpaired) electrons. The normalized spacial score (nSPS) is 19.9. The third kappa shape index (κ3) is 18.8. The topological polar surface area (TPSA) is 93.1 Å². The van der Waals surface area contributed by atoms with Gasteiger partial charge in [-0.1, -0.05) is 142 Å². The van der Waals surface area contributed by atoms with E-state index < -0.39 is 24.1 Å². The van der Waals surface area contributed by atoms with Crippen molar-refractivity contribution < 1.29 is 29.3 Å². The molecule has 37 heavy (non-hydrogen) atoms. The van der Waals surface area contributed by atoms with Crippen LogP contribution in [-0.4, -0.2) is 53.5 Å². The predicted molar refractivity (Wildman–Crippen MR) is 150 cm³/mol. The van der Waals surface area contributed by atoms with Crippen LogP contribution in [0.25, 0.3) is 0 Å². The quantitative estimate of drug-likeness (QED) is 0.0964. The summed E-state index contributed by atoms with van der Waals surface area (Å²) in [5, 5.41) is 19.3. The van der Waals surface area contributed by atoms with E-state index in [1.807, 2.05) is 0 Å². The van der Waals surface area contributed by atoms with E-state index in [-0.39, 0.29) is 19.2 Å². The highest BCUT2D eigenvalue weighted by molar-refractivity contribution is 5.85. The highest BCUT2D eigenvalue weighted by Gasteiger charge is 2.37. The van der Waals surface area contributed by atoms with Crippen molar-refractivity contribution in [3.05, 3.63) is 0 Å². The Morgan fingerprint density at radius 3 is 1.49 bits per heavy atom. The van der Waals surface area contributed by atoms with Crippen LogP contribution in [0.4, 0.5) is 0 Å². The molecule has 0 unspecified atom stereocenters. The van der Waals surface area contributed by atoms with Gasteiger partial charge in [0.1, 0.15) is 31.5 Å². The minimum atomic E-state index is -1.46. The molecule has 0 aromatic heterocycles. The molecule has 1 rings (SSSR count). The second-order valence-electron chi connectivity index (χ2n) is 11.1. The first-order valence-electron chi connectivity index (χ1n) is 15.7. The Kier molecular flexibility index (Phi) is 22.2. The van der Waals surface area contributed by atoms with Crippen LogP contribution in [0, 0.1) is 0 Å². The number of carbonyl (C=O) groups is 2. The van der Waals surface area contributed by atoms with Crippen LogP contribution in [0.2, 0.25) is 0 Å². The van der Waals surface area contributed by atoms with Crippen molar-refractivity contribution in [2.24, 2.45) is 0 Å². The lowest BCUT2D eigenvalue weighted by Crippen LogP contribution is -2.52. The number of unbranched alkanes of at least 4 members (excludes halogenated alkanes) is 21. The standard InChI is InChI=1S/C31H58O6/c1-2-3-4-5-6-7-8-9-10-11-12-13-14-15-16-17-18-19-20-21-22-23-24-29(33)37-26-28-31(35)30(34)27(32)25-36-28/h28,30-31,34-35H,2-26H2,1H3/t28-,30-,31-/m1/s1. The zero-order chi connectivity index (χ0) is 27.0. The van der Waals surface area contributed by atoms with Gasteiger partial charge >= 0.3 is 5.97 Å². The summed E-state index contributed by atoms with van der Waals surface area (Å²) in [5.41, 5.74) is 0.